The van der Waals surface area contributed by atoms with Crippen LogP contribution >= 0.6 is 0 Å². The van der Waals surface area contributed by atoms with E-state index in [0.717, 1.165) is 33.6 Å². The molecule has 3 aromatic rings. The van der Waals surface area contributed by atoms with Crippen LogP contribution in [0.3, 0.4) is 0 Å². The number of hydrogen-bond acceptors (Lipinski definition) is 4. The Kier molecular flexibility index (Phi) is 4.58. The van der Waals surface area contributed by atoms with Gasteiger partial charge in [-0.1, -0.05) is 42.0 Å². The van der Waals surface area contributed by atoms with Gasteiger partial charge in [0.25, 0.3) is 0 Å². The number of rotatable bonds is 4. The van der Waals surface area contributed by atoms with Gasteiger partial charge < -0.3 is 14.5 Å². The summed E-state index contributed by atoms with van der Waals surface area (Å²) in [5.74, 6) is -0.280. The number of esters is 1. The topological polar surface area (TPSA) is 32.8 Å². The summed E-state index contributed by atoms with van der Waals surface area (Å²) in [6, 6.07) is 22.4. The van der Waals surface area contributed by atoms with Crippen molar-refractivity contribution in [3.8, 4) is 0 Å². The third-order valence-electron chi connectivity index (χ3n) is 5.60. The van der Waals surface area contributed by atoms with E-state index in [0.29, 0.717) is 5.56 Å². The summed E-state index contributed by atoms with van der Waals surface area (Å²) in [5.41, 5.74) is 5.70. The standard InChI is InChI=1S/C25H26N2O2/c1-17-6-15-23-22(16-17)24(28)29-25(23,18-7-11-20(12-8-18)26(2)3)19-9-13-21(14-10-19)27(4)5/h6-16H,1-5H3. The Hall–Kier alpha value is -3.27. The van der Waals surface area contributed by atoms with Gasteiger partial charge in [-0.25, -0.2) is 4.79 Å². The van der Waals surface area contributed by atoms with E-state index in [9.17, 15) is 4.79 Å². The molecule has 0 unspecified atom stereocenters. The van der Waals surface area contributed by atoms with Crippen LogP contribution in [0, 0.1) is 6.92 Å². The highest BCUT2D eigenvalue weighted by Crippen LogP contribution is 2.47. The predicted molar refractivity (Wildman–Crippen MR) is 118 cm³/mol. The maximum atomic E-state index is 12.9. The van der Waals surface area contributed by atoms with Gasteiger partial charge in [0.2, 0.25) is 0 Å². The van der Waals surface area contributed by atoms with Gasteiger partial charge in [0.1, 0.15) is 0 Å². The van der Waals surface area contributed by atoms with E-state index in [2.05, 4.69) is 58.3 Å². The smallest absolute Gasteiger partial charge is 0.340 e. The average molecular weight is 386 g/mol. The molecule has 1 aliphatic rings. The van der Waals surface area contributed by atoms with Crippen molar-refractivity contribution in [2.75, 3.05) is 38.0 Å². The Morgan fingerprint density at radius 2 is 1.21 bits per heavy atom. The molecule has 29 heavy (non-hydrogen) atoms. The first kappa shape index (κ1) is 19.1. The Bertz CT molecular complexity index is 1000. The van der Waals surface area contributed by atoms with Gasteiger partial charge in [-0.3, -0.25) is 0 Å². The van der Waals surface area contributed by atoms with Gasteiger partial charge in [0.15, 0.2) is 5.60 Å². The minimum absolute atomic E-state index is 0.280. The quantitative estimate of drug-likeness (QED) is 0.614. The molecular weight excluding hydrogens is 360 g/mol. The molecule has 0 N–H and O–H groups in total. The molecule has 148 valence electrons. The van der Waals surface area contributed by atoms with E-state index >= 15 is 0 Å². The first-order valence-electron chi connectivity index (χ1n) is 9.73. The minimum atomic E-state index is -0.949. The molecule has 4 nitrogen and oxygen atoms in total. The van der Waals surface area contributed by atoms with Gasteiger partial charge in [-0.05, 0) is 37.3 Å². The fraction of sp³-hybridized carbons (Fsp3) is 0.240. The number of aryl methyl sites for hydroxylation is 1. The lowest BCUT2D eigenvalue weighted by molar-refractivity contribution is 0.0251. The van der Waals surface area contributed by atoms with Crippen LogP contribution in [0.25, 0.3) is 0 Å². The third kappa shape index (κ3) is 3.05. The van der Waals surface area contributed by atoms with Crippen LogP contribution in [0.2, 0.25) is 0 Å². The van der Waals surface area contributed by atoms with Crippen molar-refractivity contribution in [3.63, 3.8) is 0 Å². The molecule has 1 aliphatic heterocycles. The molecule has 0 saturated carbocycles. The third-order valence-corrected chi connectivity index (χ3v) is 5.60. The summed E-state index contributed by atoms with van der Waals surface area (Å²) in [6.07, 6.45) is 0. The van der Waals surface area contributed by atoms with Crippen LogP contribution in [0.1, 0.15) is 32.6 Å². The number of nitrogens with zero attached hydrogens (tertiary/aromatic N) is 2. The number of carbonyl (C=O) groups is 1. The Morgan fingerprint density at radius 3 is 1.66 bits per heavy atom. The van der Waals surface area contributed by atoms with Crippen molar-refractivity contribution < 1.29 is 9.53 Å². The zero-order valence-electron chi connectivity index (χ0n) is 17.6. The van der Waals surface area contributed by atoms with Crippen molar-refractivity contribution in [2.45, 2.75) is 12.5 Å². The van der Waals surface area contributed by atoms with Crippen LogP contribution in [0.4, 0.5) is 11.4 Å². The fourth-order valence-corrected chi connectivity index (χ4v) is 3.97. The van der Waals surface area contributed by atoms with Crippen molar-refractivity contribution in [2.24, 2.45) is 0 Å². The summed E-state index contributed by atoms with van der Waals surface area (Å²) in [5, 5.41) is 0. The summed E-state index contributed by atoms with van der Waals surface area (Å²) >= 11 is 0. The molecule has 0 fully saturated rings. The van der Waals surface area contributed by atoms with E-state index < -0.39 is 5.60 Å². The van der Waals surface area contributed by atoms with Gasteiger partial charge in [-0.15, -0.1) is 0 Å². The van der Waals surface area contributed by atoms with Gasteiger partial charge in [0.05, 0.1) is 5.56 Å². The van der Waals surface area contributed by atoms with Crippen LogP contribution in [-0.2, 0) is 10.3 Å². The van der Waals surface area contributed by atoms with Crippen LogP contribution in [-0.4, -0.2) is 34.2 Å². The lowest BCUT2D eigenvalue weighted by Gasteiger charge is -2.31. The maximum Gasteiger partial charge on any atom is 0.340 e. The molecule has 0 atom stereocenters. The minimum Gasteiger partial charge on any atom is -0.441 e. The van der Waals surface area contributed by atoms with Gasteiger partial charge in [-0.2, -0.15) is 0 Å². The Balaban J connectivity index is 1.95. The second kappa shape index (κ2) is 6.96. The highest BCUT2D eigenvalue weighted by molar-refractivity contribution is 5.96. The van der Waals surface area contributed by atoms with Crippen LogP contribution in [0.15, 0.2) is 66.7 Å². The van der Waals surface area contributed by atoms with E-state index in [1.165, 1.54) is 0 Å². The molecule has 0 amide bonds. The Labute approximate surface area is 172 Å². The normalized spacial score (nSPS) is 14.3. The fourth-order valence-electron chi connectivity index (χ4n) is 3.97. The summed E-state index contributed by atoms with van der Waals surface area (Å²) < 4.78 is 6.18. The number of ether oxygens (including phenoxy) is 1. The molecule has 0 spiro atoms. The SMILES string of the molecule is Cc1ccc2c(c1)C(=O)OC2(c1ccc(N(C)C)cc1)c1ccc(N(C)C)cc1. The van der Waals surface area contributed by atoms with Crippen molar-refractivity contribution in [3.05, 3.63) is 94.5 Å². The largest absolute Gasteiger partial charge is 0.441 e. The monoisotopic (exact) mass is 386 g/mol. The van der Waals surface area contributed by atoms with Crippen molar-refractivity contribution in [1.82, 2.24) is 0 Å². The zero-order valence-corrected chi connectivity index (χ0v) is 17.6. The molecule has 4 rings (SSSR count). The van der Waals surface area contributed by atoms with Gasteiger partial charge in [0, 0.05) is 56.3 Å². The molecular formula is C25H26N2O2. The lowest BCUT2D eigenvalue weighted by Crippen LogP contribution is -2.29. The van der Waals surface area contributed by atoms with E-state index in [1.807, 2.05) is 53.3 Å². The Morgan fingerprint density at radius 1 is 0.724 bits per heavy atom. The number of hydrogen-bond donors (Lipinski definition) is 0. The van der Waals surface area contributed by atoms with E-state index in [-0.39, 0.29) is 5.97 Å². The molecule has 0 saturated heterocycles. The lowest BCUT2D eigenvalue weighted by atomic mass is 9.79. The molecule has 0 bridgehead atoms. The molecule has 0 aliphatic carbocycles. The summed E-state index contributed by atoms with van der Waals surface area (Å²) in [7, 11) is 8.05. The van der Waals surface area contributed by atoms with Crippen molar-refractivity contribution >= 4 is 17.3 Å². The molecule has 1 heterocycles. The summed E-state index contributed by atoms with van der Waals surface area (Å²) in [6.45, 7) is 1.99. The molecule has 4 heteroatoms. The summed E-state index contributed by atoms with van der Waals surface area (Å²) in [4.78, 5) is 17.0. The first-order chi connectivity index (χ1) is 13.8. The number of fused-ring (bicyclic) bond motifs is 1. The zero-order chi connectivity index (χ0) is 20.8. The number of benzene rings is 3. The number of carbonyl (C=O) groups excluding carboxylic acids is 1. The van der Waals surface area contributed by atoms with E-state index in [1.54, 1.807) is 0 Å². The van der Waals surface area contributed by atoms with Crippen molar-refractivity contribution in [1.29, 1.82) is 0 Å². The second-order valence-corrected chi connectivity index (χ2v) is 8.00. The van der Waals surface area contributed by atoms with Crippen LogP contribution < -0.4 is 9.80 Å². The molecule has 0 aromatic heterocycles. The average Bonchev–Trinajstić information content (AvgIpc) is 3.01. The highest BCUT2D eigenvalue weighted by atomic mass is 16.6. The molecule has 0 radical (unpaired) electrons. The van der Waals surface area contributed by atoms with Crippen LogP contribution in [0.5, 0.6) is 0 Å². The highest BCUT2D eigenvalue weighted by Gasteiger charge is 2.48. The van der Waals surface area contributed by atoms with E-state index in [4.69, 9.17) is 4.74 Å². The first-order valence-corrected chi connectivity index (χ1v) is 9.73. The van der Waals surface area contributed by atoms with Gasteiger partial charge >= 0.3 is 5.97 Å². The number of anilines is 2. The maximum absolute atomic E-state index is 12.9. The molecule has 3 aromatic carbocycles. The second-order valence-electron chi connectivity index (χ2n) is 8.00. The predicted octanol–water partition coefficient (Wildman–Crippen LogP) is 4.59. The number of cyclic esters (lactones) is 1.